The number of methoxy groups -OCH3 is 1. The predicted molar refractivity (Wildman–Crippen MR) is 74.1 cm³/mol. The largest absolute Gasteiger partial charge is 0.465 e. The highest BCUT2D eigenvalue weighted by Crippen LogP contribution is 2.16. The topological polar surface area (TPSA) is 42.4 Å². The van der Waals surface area contributed by atoms with Crippen molar-refractivity contribution in [1.29, 1.82) is 0 Å². The highest BCUT2D eigenvalue weighted by molar-refractivity contribution is 5.88. The molecule has 0 unspecified atom stereocenters. The van der Waals surface area contributed by atoms with Crippen LogP contribution < -0.4 is 4.90 Å². The number of nitrogens with zero attached hydrogens (tertiary/aromatic N) is 2. The van der Waals surface area contributed by atoms with Crippen molar-refractivity contribution in [3.8, 4) is 0 Å². The van der Waals surface area contributed by atoms with Crippen LogP contribution in [0.4, 0.5) is 10.1 Å². The normalized spacial score (nSPS) is 10.2. The summed E-state index contributed by atoms with van der Waals surface area (Å²) >= 11 is 0. The van der Waals surface area contributed by atoms with Gasteiger partial charge in [0.05, 0.1) is 24.9 Å². The Balaban J connectivity index is 2.08. The average Bonchev–Trinajstić information content (AvgIpc) is 2.47. The average molecular weight is 274 g/mol. The molecule has 0 amide bonds. The number of carbonyl (C=O) groups is 1. The minimum atomic E-state index is -0.414. The van der Waals surface area contributed by atoms with Gasteiger partial charge in [-0.25, -0.2) is 9.18 Å². The molecule has 0 fully saturated rings. The number of anilines is 1. The van der Waals surface area contributed by atoms with Crippen LogP contribution in [0.15, 0.2) is 42.6 Å². The first-order chi connectivity index (χ1) is 9.60. The third kappa shape index (κ3) is 3.32. The van der Waals surface area contributed by atoms with Crippen molar-refractivity contribution in [1.82, 2.24) is 4.98 Å². The maximum atomic E-state index is 13.2. The molecule has 2 aromatic rings. The summed E-state index contributed by atoms with van der Waals surface area (Å²) in [4.78, 5) is 17.4. The lowest BCUT2D eigenvalue weighted by molar-refractivity contribution is 0.0600. The van der Waals surface area contributed by atoms with E-state index in [2.05, 4.69) is 9.72 Å². The number of rotatable bonds is 4. The Morgan fingerprint density at radius 1 is 1.35 bits per heavy atom. The standard InChI is InChI=1S/C15H15FN2O2/c1-18(14-5-3-4-12(16)8-14)10-13-7-6-11(9-17-13)15(19)20-2/h3-9H,10H2,1-2H3. The van der Waals surface area contributed by atoms with Gasteiger partial charge in [-0.05, 0) is 30.3 Å². The fraction of sp³-hybridized carbons (Fsp3) is 0.200. The molecule has 0 atom stereocenters. The maximum Gasteiger partial charge on any atom is 0.339 e. The number of benzene rings is 1. The number of halogens is 1. The lowest BCUT2D eigenvalue weighted by atomic mass is 10.2. The molecule has 4 nitrogen and oxygen atoms in total. The van der Waals surface area contributed by atoms with Crippen LogP contribution >= 0.6 is 0 Å². The molecule has 0 saturated heterocycles. The van der Waals surface area contributed by atoms with Crippen LogP contribution in [0.5, 0.6) is 0 Å². The molecule has 0 radical (unpaired) electrons. The maximum absolute atomic E-state index is 13.2. The van der Waals surface area contributed by atoms with Crippen LogP contribution in [0, 0.1) is 5.82 Å². The summed E-state index contributed by atoms with van der Waals surface area (Å²) in [5.41, 5.74) is 1.96. The van der Waals surface area contributed by atoms with Gasteiger partial charge in [0.1, 0.15) is 5.82 Å². The van der Waals surface area contributed by atoms with Gasteiger partial charge < -0.3 is 9.64 Å². The first kappa shape index (κ1) is 14.0. The molecule has 0 saturated carbocycles. The first-order valence-corrected chi connectivity index (χ1v) is 6.10. The van der Waals surface area contributed by atoms with E-state index in [9.17, 15) is 9.18 Å². The SMILES string of the molecule is COC(=O)c1ccc(CN(C)c2cccc(F)c2)nc1. The van der Waals surface area contributed by atoms with Gasteiger partial charge >= 0.3 is 5.97 Å². The van der Waals surface area contributed by atoms with Gasteiger partial charge in [0.15, 0.2) is 0 Å². The van der Waals surface area contributed by atoms with E-state index in [4.69, 9.17) is 0 Å². The van der Waals surface area contributed by atoms with Gasteiger partial charge in [-0.15, -0.1) is 0 Å². The summed E-state index contributed by atoms with van der Waals surface area (Å²) in [5, 5.41) is 0. The van der Waals surface area contributed by atoms with E-state index in [0.717, 1.165) is 11.4 Å². The summed E-state index contributed by atoms with van der Waals surface area (Å²) in [6, 6.07) is 9.76. The highest BCUT2D eigenvalue weighted by atomic mass is 19.1. The van der Waals surface area contributed by atoms with Crippen LogP contribution in [0.25, 0.3) is 0 Å². The molecule has 20 heavy (non-hydrogen) atoms. The lowest BCUT2D eigenvalue weighted by Gasteiger charge is -2.18. The summed E-state index contributed by atoms with van der Waals surface area (Å²) in [6.45, 7) is 0.519. The molecule has 1 heterocycles. The number of hydrogen-bond donors (Lipinski definition) is 0. The first-order valence-electron chi connectivity index (χ1n) is 6.10. The van der Waals surface area contributed by atoms with E-state index in [1.54, 1.807) is 18.2 Å². The van der Waals surface area contributed by atoms with Gasteiger partial charge in [0, 0.05) is 18.9 Å². The zero-order chi connectivity index (χ0) is 14.5. The zero-order valence-electron chi connectivity index (χ0n) is 11.3. The third-order valence-corrected chi connectivity index (χ3v) is 2.89. The Bertz CT molecular complexity index is 599. The van der Waals surface area contributed by atoms with Gasteiger partial charge in [0.2, 0.25) is 0 Å². The van der Waals surface area contributed by atoms with Gasteiger partial charge in [-0.1, -0.05) is 6.07 Å². The highest BCUT2D eigenvalue weighted by Gasteiger charge is 2.07. The molecule has 2 rings (SSSR count). The molecular formula is C15H15FN2O2. The Labute approximate surface area is 116 Å². The molecule has 104 valence electrons. The molecule has 0 spiro atoms. The molecule has 0 bridgehead atoms. The van der Waals surface area contributed by atoms with E-state index in [-0.39, 0.29) is 5.82 Å². The molecule has 0 aliphatic carbocycles. The number of ether oxygens (including phenoxy) is 1. The molecule has 1 aromatic carbocycles. The fourth-order valence-electron chi connectivity index (χ4n) is 1.80. The molecule has 5 heteroatoms. The third-order valence-electron chi connectivity index (χ3n) is 2.89. The van der Waals surface area contributed by atoms with Crippen LogP contribution in [0.3, 0.4) is 0 Å². The number of esters is 1. The van der Waals surface area contributed by atoms with Crippen molar-refractivity contribution in [3.63, 3.8) is 0 Å². The summed E-state index contributed by atoms with van der Waals surface area (Å²) in [7, 11) is 3.18. The lowest BCUT2D eigenvalue weighted by Crippen LogP contribution is -2.17. The minimum Gasteiger partial charge on any atom is -0.465 e. The smallest absolute Gasteiger partial charge is 0.339 e. The van der Waals surface area contributed by atoms with Gasteiger partial charge in [-0.2, -0.15) is 0 Å². The second-order valence-electron chi connectivity index (χ2n) is 4.37. The quantitative estimate of drug-likeness (QED) is 0.804. The van der Waals surface area contributed by atoms with Crippen LogP contribution in [0.1, 0.15) is 16.1 Å². The molecule has 1 aromatic heterocycles. The molecule has 0 aliphatic heterocycles. The van der Waals surface area contributed by atoms with E-state index < -0.39 is 5.97 Å². The summed E-state index contributed by atoms with van der Waals surface area (Å²) < 4.78 is 17.8. The predicted octanol–water partition coefficient (Wildman–Crippen LogP) is 2.64. The fourth-order valence-corrected chi connectivity index (χ4v) is 1.80. The van der Waals surface area contributed by atoms with Crippen molar-refractivity contribution in [3.05, 3.63) is 59.7 Å². The Morgan fingerprint density at radius 2 is 2.15 bits per heavy atom. The van der Waals surface area contributed by atoms with E-state index in [1.165, 1.54) is 25.4 Å². The van der Waals surface area contributed by atoms with Crippen molar-refractivity contribution >= 4 is 11.7 Å². The summed E-state index contributed by atoms with van der Waals surface area (Å²) in [6.07, 6.45) is 1.47. The Hall–Kier alpha value is -2.43. The number of carbonyl (C=O) groups excluding carboxylic acids is 1. The van der Waals surface area contributed by atoms with E-state index in [1.807, 2.05) is 18.0 Å². The van der Waals surface area contributed by atoms with Crippen LogP contribution in [0.2, 0.25) is 0 Å². The molecule has 0 aliphatic rings. The van der Waals surface area contributed by atoms with Crippen LogP contribution in [-0.2, 0) is 11.3 Å². The second-order valence-corrected chi connectivity index (χ2v) is 4.37. The van der Waals surface area contributed by atoms with E-state index >= 15 is 0 Å². The van der Waals surface area contributed by atoms with Crippen LogP contribution in [-0.4, -0.2) is 25.1 Å². The Morgan fingerprint density at radius 3 is 2.75 bits per heavy atom. The zero-order valence-corrected chi connectivity index (χ0v) is 11.3. The van der Waals surface area contributed by atoms with E-state index in [0.29, 0.717) is 12.1 Å². The van der Waals surface area contributed by atoms with Gasteiger partial charge in [-0.3, -0.25) is 4.98 Å². The number of hydrogen-bond acceptors (Lipinski definition) is 4. The number of aromatic nitrogens is 1. The van der Waals surface area contributed by atoms with Gasteiger partial charge in [0.25, 0.3) is 0 Å². The second kappa shape index (κ2) is 6.14. The summed E-state index contributed by atoms with van der Waals surface area (Å²) in [5.74, 6) is -0.689. The number of pyridine rings is 1. The van der Waals surface area contributed by atoms with Crippen molar-refractivity contribution in [2.24, 2.45) is 0 Å². The molecule has 0 N–H and O–H groups in total. The minimum absolute atomic E-state index is 0.275. The molecular weight excluding hydrogens is 259 g/mol. The Kier molecular flexibility index (Phi) is 4.30. The van der Waals surface area contributed by atoms with Crippen molar-refractivity contribution in [2.75, 3.05) is 19.1 Å². The van der Waals surface area contributed by atoms with Crippen molar-refractivity contribution < 1.29 is 13.9 Å². The van der Waals surface area contributed by atoms with Crippen molar-refractivity contribution in [2.45, 2.75) is 6.54 Å². The monoisotopic (exact) mass is 274 g/mol.